The fourth-order valence-electron chi connectivity index (χ4n) is 3.32. The third kappa shape index (κ3) is 2.48. The molecule has 1 aliphatic carbocycles. The molecule has 1 aliphatic heterocycles. The van der Waals surface area contributed by atoms with Crippen molar-refractivity contribution >= 4 is 28.2 Å². The van der Waals surface area contributed by atoms with E-state index >= 15 is 0 Å². The Morgan fingerprint density at radius 2 is 2.29 bits per heavy atom. The molecule has 2 aliphatic rings. The number of nitrogens with two attached hydrogens (primary N) is 1. The van der Waals surface area contributed by atoms with Crippen molar-refractivity contribution < 1.29 is 9.90 Å². The first-order chi connectivity index (χ1) is 10.0. The molecule has 2 heterocycles. The fraction of sp³-hybridized carbons (Fsp3) is 0.714. The highest BCUT2D eigenvalue weighted by molar-refractivity contribution is 7.18. The monoisotopic (exact) mass is 310 g/mol. The second-order valence-electron chi connectivity index (χ2n) is 6.00. The second kappa shape index (κ2) is 5.46. The summed E-state index contributed by atoms with van der Waals surface area (Å²) in [7, 11) is 1.93. The number of rotatable bonds is 3. The van der Waals surface area contributed by atoms with E-state index in [-0.39, 0.29) is 17.9 Å². The summed E-state index contributed by atoms with van der Waals surface area (Å²) in [6.45, 7) is 4.22. The molecule has 1 saturated carbocycles. The highest BCUT2D eigenvalue weighted by atomic mass is 32.1. The van der Waals surface area contributed by atoms with Crippen molar-refractivity contribution in [2.24, 2.45) is 11.8 Å². The number of nitrogen functional groups attached to an aromatic ring is 1. The number of amides is 1. The van der Waals surface area contributed by atoms with Gasteiger partial charge in [0.25, 0.3) is 5.91 Å². The Kier molecular flexibility index (Phi) is 3.79. The van der Waals surface area contributed by atoms with Gasteiger partial charge in [-0.15, -0.1) is 0 Å². The molecule has 3 atom stereocenters. The van der Waals surface area contributed by atoms with Crippen LogP contribution in [0.15, 0.2) is 0 Å². The minimum absolute atomic E-state index is 0.0395. The fourth-order valence-corrected chi connectivity index (χ4v) is 4.30. The normalized spacial score (nSPS) is 28.0. The Bertz CT molecular complexity index is 547. The molecule has 1 saturated heterocycles. The lowest BCUT2D eigenvalue weighted by Gasteiger charge is -2.17. The number of aliphatic hydroxyl groups is 1. The van der Waals surface area contributed by atoms with Crippen LogP contribution in [0.2, 0.25) is 0 Å². The molecular formula is C14H22N4O2S. The molecule has 1 aromatic rings. The summed E-state index contributed by atoms with van der Waals surface area (Å²) in [5, 5.41) is 10.7. The molecule has 2 fully saturated rings. The lowest BCUT2D eigenvalue weighted by atomic mass is 10.00. The van der Waals surface area contributed by atoms with Gasteiger partial charge in [0.05, 0.1) is 6.10 Å². The van der Waals surface area contributed by atoms with E-state index in [9.17, 15) is 9.90 Å². The van der Waals surface area contributed by atoms with Gasteiger partial charge in [0.2, 0.25) is 0 Å². The first kappa shape index (κ1) is 14.6. The largest absolute Gasteiger partial charge is 0.393 e. The van der Waals surface area contributed by atoms with Gasteiger partial charge in [-0.2, -0.15) is 0 Å². The van der Waals surface area contributed by atoms with Crippen molar-refractivity contribution in [1.29, 1.82) is 0 Å². The maximum atomic E-state index is 12.6. The van der Waals surface area contributed by atoms with Crippen LogP contribution in [-0.4, -0.2) is 53.7 Å². The molecule has 3 unspecified atom stereocenters. The van der Waals surface area contributed by atoms with Crippen molar-refractivity contribution in [2.45, 2.75) is 25.9 Å². The predicted molar refractivity (Wildman–Crippen MR) is 83.6 cm³/mol. The lowest BCUT2D eigenvalue weighted by molar-refractivity contribution is 0.0757. The maximum absolute atomic E-state index is 12.6. The van der Waals surface area contributed by atoms with Gasteiger partial charge in [0, 0.05) is 32.6 Å². The number of aromatic nitrogens is 1. The van der Waals surface area contributed by atoms with Gasteiger partial charge >= 0.3 is 0 Å². The lowest BCUT2D eigenvalue weighted by Crippen LogP contribution is -2.31. The van der Waals surface area contributed by atoms with Crippen LogP contribution in [0.3, 0.4) is 0 Å². The van der Waals surface area contributed by atoms with Crippen LogP contribution in [0.1, 0.15) is 29.4 Å². The highest BCUT2D eigenvalue weighted by Gasteiger charge is 2.44. The van der Waals surface area contributed by atoms with Crippen LogP contribution in [-0.2, 0) is 0 Å². The van der Waals surface area contributed by atoms with E-state index in [0.717, 1.165) is 31.1 Å². The van der Waals surface area contributed by atoms with Gasteiger partial charge in [-0.3, -0.25) is 4.79 Å². The van der Waals surface area contributed by atoms with Crippen molar-refractivity contribution in [3.8, 4) is 0 Å². The maximum Gasteiger partial charge on any atom is 0.267 e. The first-order valence-electron chi connectivity index (χ1n) is 7.46. The number of hydrogen-bond acceptors (Lipinski definition) is 6. The molecule has 21 heavy (non-hydrogen) atoms. The number of fused-ring (bicyclic) bond motifs is 1. The summed E-state index contributed by atoms with van der Waals surface area (Å²) in [4.78, 5) is 21.3. The number of carbonyl (C=O) groups excluding carboxylic acids is 1. The van der Waals surface area contributed by atoms with Crippen molar-refractivity contribution in [3.05, 3.63) is 4.88 Å². The highest BCUT2D eigenvalue weighted by Crippen LogP contribution is 2.39. The molecule has 3 rings (SSSR count). The number of hydrogen-bond donors (Lipinski definition) is 2. The van der Waals surface area contributed by atoms with Crippen LogP contribution in [0, 0.1) is 11.8 Å². The van der Waals surface area contributed by atoms with Crippen LogP contribution in [0.4, 0.5) is 10.9 Å². The van der Waals surface area contributed by atoms with E-state index in [1.165, 1.54) is 11.3 Å². The first-order valence-corrected chi connectivity index (χ1v) is 8.27. The Hall–Kier alpha value is -1.34. The topological polar surface area (TPSA) is 82.7 Å². The zero-order valence-corrected chi connectivity index (χ0v) is 13.3. The van der Waals surface area contributed by atoms with E-state index < -0.39 is 0 Å². The number of anilines is 2. The predicted octanol–water partition coefficient (Wildman–Crippen LogP) is 1.02. The standard InChI is InChI=1S/C14H22N4O2S/c1-3-17(2)14-16-12(15)11(21-14)13(20)18-6-8-4-5-10(19)9(8)7-18/h8-10,19H,3-7,15H2,1-2H3. The van der Waals surface area contributed by atoms with Crippen molar-refractivity contribution in [3.63, 3.8) is 0 Å². The zero-order chi connectivity index (χ0) is 15.1. The average molecular weight is 310 g/mol. The van der Waals surface area contributed by atoms with Crippen LogP contribution < -0.4 is 10.6 Å². The molecular weight excluding hydrogens is 288 g/mol. The molecule has 0 bridgehead atoms. The van der Waals surface area contributed by atoms with Gasteiger partial charge in [0.1, 0.15) is 10.7 Å². The van der Waals surface area contributed by atoms with E-state index in [4.69, 9.17) is 5.73 Å². The number of thiazole rings is 1. The summed E-state index contributed by atoms with van der Waals surface area (Å²) >= 11 is 1.35. The Morgan fingerprint density at radius 3 is 2.95 bits per heavy atom. The SMILES string of the molecule is CCN(C)c1nc(N)c(C(=O)N2CC3CCC(O)C3C2)s1. The van der Waals surface area contributed by atoms with Crippen molar-refractivity contribution in [1.82, 2.24) is 9.88 Å². The number of nitrogens with zero attached hydrogens (tertiary/aromatic N) is 3. The Labute approximate surface area is 128 Å². The van der Waals surface area contributed by atoms with Crippen LogP contribution in [0.5, 0.6) is 0 Å². The molecule has 7 heteroatoms. The summed E-state index contributed by atoms with van der Waals surface area (Å²) in [6.07, 6.45) is 1.62. The number of aliphatic hydroxyl groups excluding tert-OH is 1. The molecule has 1 amide bonds. The molecule has 116 valence electrons. The summed E-state index contributed by atoms with van der Waals surface area (Å²) in [5.41, 5.74) is 5.92. The molecule has 6 nitrogen and oxygen atoms in total. The minimum atomic E-state index is -0.256. The Balaban J connectivity index is 1.76. The van der Waals surface area contributed by atoms with E-state index in [0.29, 0.717) is 23.2 Å². The van der Waals surface area contributed by atoms with E-state index in [2.05, 4.69) is 4.98 Å². The average Bonchev–Trinajstić information content (AvgIpc) is 3.14. The molecule has 0 spiro atoms. The summed E-state index contributed by atoms with van der Waals surface area (Å²) in [6, 6.07) is 0. The van der Waals surface area contributed by atoms with Gasteiger partial charge in [-0.1, -0.05) is 11.3 Å². The third-order valence-corrected chi connectivity index (χ3v) is 5.92. The smallest absolute Gasteiger partial charge is 0.267 e. The summed E-state index contributed by atoms with van der Waals surface area (Å²) < 4.78 is 0. The van der Waals surface area contributed by atoms with Crippen LogP contribution >= 0.6 is 11.3 Å². The van der Waals surface area contributed by atoms with Gasteiger partial charge in [-0.05, 0) is 25.7 Å². The second-order valence-corrected chi connectivity index (χ2v) is 6.98. The zero-order valence-electron chi connectivity index (χ0n) is 12.5. The Morgan fingerprint density at radius 1 is 1.52 bits per heavy atom. The van der Waals surface area contributed by atoms with Crippen molar-refractivity contribution in [2.75, 3.05) is 37.3 Å². The van der Waals surface area contributed by atoms with Gasteiger partial charge < -0.3 is 20.6 Å². The quantitative estimate of drug-likeness (QED) is 0.871. The minimum Gasteiger partial charge on any atom is -0.393 e. The molecule has 3 N–H and O–H groups in total. The van der Waals surface area contributed by atoms with E-state index in [1.54, 1.807) is 0 Å². The number of carbonyl (C=O) groups is 1. The van der Waals surface area contributed by atoms with E-state index in [1.807, 2.05) is 23.8 Å². The molecule has 1 aromatic heterocycles. The van der Waals surface area contributed by atoms with Crippen LogP contribution in [0.25, 0.3) is 0 Å². The third-order valence-electron chi connectivity index (χ3n) is 4.74. The number of likely N-dealkylation sites (tertiary alicyclic amines) is 1. The molecule has 0 radical (unpaired) electrons. The summed E-state index contributed by atoms with van der Waals surface area (Å²) in [5.74, 6) is 0.956. The van der Waals surface area contributed by atoms with Gasteiger partial charge in [0.15, 0.2) is 5.13 Å². The molecule has 0 aromatic carbocycles. The van der Waals surface area contributed by atoms with Gasteiger partial charge in [-0.25, -0.2) is 4.98 Å².